The molecule has 0 aliphatic heterocycles. The number of ether oxygens (including phenoxy) is 1. The van der Waals surface area contributed by atoms with Crippen LogP contribution in [0.15, 0.2) is 0 Å². The summed E-state index contributed by atoms with van der Waals surface area (Å²) in [6.07, 6.45) is 18.6. The van der Waals surface area contributed by atoms with E-state index in [9.17, 15) is 13.2 Å². The van der Waals surface area contributed by atoms with E-state index in [1.54, 1.807) is 0 Å². The molecule has 0 aliphatic rings. The summed E-state index contributed by atoms with van der Waals surface area (Å²) in [5, 5.41) is -1.55. The number of carbonyl (C=O) groups is 1. The molecule has 0 rings (SSSR count). The second-order valence-electron chi connectivity index (χ2n) is 6.52. The van der Waals surface area contributed by atoms with Crippen LogP contribution in [0.4, 0.5) is 4.79 Å². The molecule has 0 bridgehead atoms. The van der Waals surface area contributed by atoms with Gasteiger partial charge in [-0.2, -0.15) is 8.42 Å². The fraction of sp³-hybridized carbons (Fsp3) is 0.944. The molecule has 0 aliphatic carbocycles. The smallest absolute Gasteiger partial charge is 0.451 e. The molecule has 24 heavy (non-hydrogen) atoms. The van der Waals surface area contributed by atoms with Crippen molar-refractivity contribution in [3.05, 3.63) is 0 Å². The fourth-order valence-corrected chi connectivity index (χ4v) is 2.94. The predicted octanol–water partition coefficient (Wildman–Crippen LogP) is 5.88. The van der Waals surface area contributed by atoms with E-state index in [1.807, 2.05) is 0 Å². The molecule has 0 aromatic rings. The van der Waals surface area contributed by atoms with Crippen molar-refractivity contribution in [1.82, 2.24) is 0 Å². The highest BCUT2D eigenvalue weighted by atomic mass is 32.2. The van der Waals surface area contributed by atoms with Gasteiger partial charge in [0.05, 0.1) is 6.61 Å². The van der Waals surface area contributed by atoms with Crippen LogP contribution < -0.4 is 0 Å². The van der Waals surface area contributed by atoms with Crippen molar-refractivity contribution in [2.45, 2.75) is 103 Å². The number of rotatable bonds is 16. The molecule has 0 fully saturated rings. The van der Waals surface area contributed by atoms with Crippen LogP contribution in [-0.4, -0.2) is 24.9 Å². The number of hydrogen-bond donors (Lipinski definition) is 1. The Bertz CT molecular complexity index is 392. The minimum atomic E-state index is -4.68. The van der Waals surface area contributed by atoms with E-state index in [1.165, 1.54) is 77.0 Å². The van der Waals surface area contributed by atoms with Crippen molar-refractivity contribution < 1.29 is 22.5 Å². The van der Waals surface area contributed by atoms with E-state index in [-0.39, 0.29) is 6.61 Å². The summed E-state index contributed by atoms with van der Waals surface area (Å²) in [5.74, 6) is 0. The molecule has 0 spiro atoms. The first-order chi connectivity index (χ1) is 11.5. The first kappa shape index (κ1) is 23.4. The Labute approximate surface area is 148 Å². The molecule has 0 saturated carbocycles. The van der Waals surface area contributed by atoms with E-state index in [0.29, 0.717) is 6.42 Å². The highest BCUT2D eigenvalue weighted by Crippen LogP contribution is 2.13. The predicted molar refractivity (Wildman–Crippen MR) is 97.8 cm³/mol. The topological polar surface area (TPSA) is 80.7 Å². The molecule has 6 heteroatoms. The first-order valence-corrected chi connectivity index (χ1v) is 11.1. The van der Waals surface area contributed by atoms with Crippen LogP contribution in [0.2, 0.25) is 0 Å². The van der Waals surface area contributed by atoms with Crippen LogP contribution in [-0.2, 0) is 14.9 Å². The maximum atomic E-state index is 10.8. The minimum Gasteiger partial charge on any atom is -0.452 e. The van der Waals surface area contributed by atoms with Crippen LogP contribution in [0.3, 0.4) is 0 Å². The van der Waals surface area contributed by atoms with Gasteiger partial charge in [-0.25, -0.2) is 4.79 Å². The lowest BCUT2D eigenvalue weighted by Gasteiger charge is -2.04. The zero-order valence-corrected chi connectivity index (χ0v) is 16.1. The lowest BCUT2D eigenvalue weighted by Crippen LogP contribution is -2.15. The third-order valence-corrected chi connectivity index (χ3v) is 4.72. The summed E-state index contributed by atoms with van der Waals surface area (Å²) in [7, 11) is -4.68. The molecular formula is C18H36O5S. The monoisotopic (exact) mass is 364 g/mol. The summed E-state index contributed by atoms with van der Waals surface area (Å²) in [6, 6.07) is 0. The quantitative estimate of drug-likeness (QED) is 0.210. The first-order valence-electron chi connectivity index (χ1n) is 9.62. The Balaban J connectivity index is 3.14. The van der Waals surface area contributed by atoms with Crippen LogP contribution in [0.1, 0.15) is 103 Å². The minimum absolute atomic E-state index is 0.0525. The average molecular weight is 365 g/mol. The lowest BCUT2D eigenvalue weighted by molar-refractivity contribution is 0.166. The average Bonchev–Trinajstić information content (AvgIpc) is 2.53. The van der Waals surface area contributed by atoms with Gasteiger partial charge in [-0.3, -0.25) is 4.55 Å². The van der Waals surface area contributed by atoms with Crippen molar-refractivity contribution >= 4 is 15.4 Å². The standard InChI is InChI=1S/C18H36O5S/c1-2-3-4-5-6-7-8-9-10-11-12-13-14-15-16-17-23-18(19)24(20,21)22/h2-17H2,1H3,(H,20,21,22). The highest BCUT2D eigenvalue weighted by Gasteiger charge is 2.19. The molecule has 0 aromatic heterocycles. The van der Waals surface area contributed by atoms with E-state index in [2.05, 4.69) is 11.7 Å². The van der Waals surface area contributed by atoms with Gasteiger partial charge in [0.25, 0.3) is 0 Å². The van der Waals surface area contributed by atoms with E-state index < -0.39 is 15.4 Å². The Morgan fingerprint density at radius 3 is 1.38 bits per heavy atom. The third kappa shape index (κ3) is 16.2. The van der Waals surface area contributed by atoms with Gasteiger partial charge >= 0.3 is 15.4 Å². The fourth-order valence-electron chi connectivity index (χ4n) is 2.70. The maximum Gasteiger partial charge on any atom is 0.451 e. The molecule has 0 atom stereocenters. The second-order valence-corrected chi connectivity index (χ2v) is 7.81. The van der Waals surface area contributed by atoms with Crippen LogP contribution in [0.5, 0.6) is 0 Å². The Kier molecular flexibility index (Phi) is 15.5. The van der Waals surface area contributed by atoms with Gasteiger partial charge in [0, 0.05) is 0 Å². The van der Waals surface area contributed by atoms with Gasteiger partial charge in [-0.15, -0.1) is 0 Å². The maximum absolute atomic E-state index is 10.8. The Morgan fingerprint density at radius 1 is 0.708 bits per heavy atom. The lowest BCUT2D eigenvalue weighted by atomic mass is 10.0. The highest BCUT2D eigenvalue weighted by molar-refractivity contribution is 8.00. The van der Waals surface area contributed by atoms with Crippen molar-refractivity contribution in [3.63, 3.8) is 0 Å². The summed E-state index contributed by atoms with van der Waals surface area (Å²) >= 11 is 0. The van der Waals surface area contributed by atoms with Gasteiger partial charge in [-0.1, -0.05) is 96.8 Å². The zero-order valence-electron chi connectivity index (χ0n) is 15.3. The SMILES string of the molecule is CCCCCCCCCCCCCCCCCOC(=O)S(=O)(=O)O. The molecule has 1 N–H and O–H groups in total. The summed E-state index contributed by atoms with van der Waals surface area (Å²) in [4.78, 5) is 10.8. The second kappa shape index (κ2) is 15.9. The van der Waals surface area contributed by atoms with Crippen molar-refractivity contribution in [1.29, 1.82) is 0 Å². The van der Waals surface area contributed by atoms with Gasteiger partial charge in [-0.05, 0) is 6.42 Å². The molecule has 0 aromatic carbocycles. The summed E-state index contributed by atoms with van der Waals surface area (Å²) in [6.45, 7) is 2.30. The molecule has 5 nitrogen and oxygen atoms in total. The molecule has 0 radical (unpaired) electrons. The normalized spacial score (nSPS) is 11.6. The van der Waals surface area contributed by atoms with Crippen molar-refractivity contribution in [2.24, 2.45) is 0 Å². The summed E-state index contributed by atoms with van der Waals surface area (Å²) < 4.78 is 33.7. The van der Waals surface area contributed by atoms with E-state index in [0.717, 1.165) is 12.8 Å². The molecule has 0 heterocycles. The summed E-state index contributed by atoms with van der Waals surface area (Å²) in [5.41, 5.74) is 0. The molecule has 0 saturated heterocycles. The Morgan fingerprint density at radius 2 is 1.04 bits per heavy atom. The van der Waals surface area contributed by atoms with Crippen LogP contribution in [0.25, 0.3) is 0 Å². The third-order valence-electron chi connectivity index (χ3n) is 4.18. The largest absolute Gasteiger partial charge is 0.452 e. The zero-order chi connectivity index (χ0) is 18.1. The van der Waals surface area contributed by atoms with E-state index in [4.69, 9.17) is 4.55 Å². The molecule has 0 amide bonds. The number of hydrogen-bond acceptors (Lipinski definition) is 4. The van der Waals surface area contributed by atoms with Gasteiger partial charge < -0.3 is 4.74 Å². The number of unbranched alkanes of at least 4 members (excludes halogenated alkanes) is 14. The van der Waals surface area contributed by atoms with Crippen molar-refractivity contribution in [3.8, 4) is 0 Å². The van der Waals surface area contributed by atoms with Crippen molar-refractivity contribution in [2.75, 3.05) is 6.61 Å². The number of carbonyl (C=O) groups excluding carboxylic acids is 1. The Hall–Kier alpha value is -0.620. The van der Waals surface area contributed by atoms with Gasteiger partial charge in [0.15, 0.2) is 0 Å². The van der Waals surface area contributed by atoms with Gasteiger partial charge in [0.1, 0.15) is 0 Å². The molecular weight excluding hydrogens is 328 g/mol. The van der Waals surface area contributed by atoms with Crippen LogP contribution >= 0.6 is 0 Å². The van der Waals surface area contributed by atoms with Crippen LogP contribution in [0, 0.1) is 0 Å². The molecule has 0 unspecified atom stereocenters. The van der Waals surface area contributed by atoms with Gasteiger partial charge in [0.2, 0.25) is 0 Å². The molecule has 144 valence electrons. The van der Waals surface area contributed by atoms with E-state index >= 15 is 0 Å².